The number of ether oxygens (including phenoxy) is 1. The lowest BCUT2D eigenvalue weighted by Crippen LogP contribution is -2.01. The zero-order chi connectivity index (χ0) is 30.7. The molecule has 2 heterocycles. The topological polar surface area (TPSA) is 19.1 Å². The van der Waals surface area contributed by atoms with Crippen molar-refractivity contribution in [2.45, 2.75) is 26.7 Å². The van der Waals surface area contributed by atoms with Gasteiger partial charge in [0, 0.05) is 33.2 Å². The molecular formula is C42H34N2O. The maximum absolute atomic E-state index is 5.88. The van der Waals surface area contributed by atoms with Gasteiger partial charge in [-0.05, 0) is 121 Å². The number of para-hydroxylation sites is 2. The Morgan fingerprint density at radius 3 is 2.00 bits per heavy atom. The van der Waals surface area contributed by atoms with Crippen LogP contribution >= 0.6 is 0 Å². The second-order valence-corrected chi connectivity index (χ2v) is 12.0. The number of allylic oxidation sites excluding steroid dienone is 2. The van der Waals surface area contributed by atoms with E-state index in [4.69, 9.17) is 4.74 Å². The first kappa shape index (κ1) is 27.0. The van der Waals surface area contributed by atoms with E-state index in [1.807, 2.05) is 6.07 Å². The van der Waals surface area contributed by atoms with Crippen LogP contribution in [0.5, 0.6) is 5.75 Å². The summed E-state index contributed by atoms with van der Waals surface area (Å²) in [6, 6.07) is 37.3. The number of aromatic nitrogens is 2. The van der Waals surface area contributed by atoms with E-state index < -0.39 is 0 Å². The van der Waals surface area contributed by atoms with Gasteiger partial charge in [0.2, 0.25) is 0 Å². The highest BCUT2D eigenvalue weighted by molar-refractivity contribution is 6.09. The summed E-state index contributed by atoms with van der Waals surface area (Å²) in [6.45, 7) is 12.1. The summed E-state index contributed by atoms with van der Waals surface area (Å²) in [5.41, 5.74) is 13.7. The molecule has 0 saturated heterocycles. The van der Waals surface area contributed by atoms with Crippen molar-refractivity contribution in [3.63, 3.8) is 0 Å². The lowest BCUT2D eigenvalue weighted by Gasteiger charge is -2.16. The van der Waals surface area contributed by atoms with Gasteiger partial charge >= 0.3 is 0 Å². The first-order chi connectivity index (χ1) is 22.0. The lowest BCUT2D eigenvalue weighted by atomic mass is 9.95. The van der Waals surface area contributed by atoms with Crippen LogP contribution in [0, 0.1) is 13.8 Å². The van der Waals surface area contributed by atoms with Crippen molar-refractivity contribution in [3.8, 4) is 28.3 Å². The van der Waals surface area contributed by atoms with Crippen LogP contribution in [0.2, 0.25) is 0 Å². The number of hydrogen-bond donors (Lipinski definition) is 0. The number of rotatable bonds is 6. The average Bonchev–Trinajstić information content (AvgIpc) is 3.58. The van der Waals surface area contributed by atoms with Crippen LogP contribution in [-0.4, -0.2) is 9.13 Å². The Kier molecular flexibility index (Phi) is 6.35. The summed E-state index contributed by atoms with van der Waals surface area (Å²) in [5.74, 6) is 1.29. The summed E-state index contributed by atoms with van der Waals surface area (Å²) in [4.78, 5) is 0. The Morgan fingerprint density at radius 1 is 0.689 bits per heavy atom. The Bertz CT molecular complexity index is 2360. The summed E-state index contributed by atoms with van der Waals surface area (Å²) >= 11 is 0. The number of nitrogens with zero attached hydrogens (tertiary/aromatic N) is 2. The normalized spacial score (nSPS) is 12.6. The van der Waals surface area contributed by atoms with Gasteiger partial charge in [0.05, 0.1) is 16.6 Å². The summed E-state index contributed by atoms with van der Waals surface area (Å²) in [6.07, 6.45) is 8.41. The molecule has 0 aliphatic heterocycles. The molecule has 0 bridgehead atoms. The van der Waals surface area contributed by atoms with Crippen LogP contribution < -0.4 is 4.74 Å². The maximum atomic E-state index is 5.88. The van der Waals surface area contributed by atoms with Crippen LogP contribution in [0.25, 0.3) is 61.3 Å². The highest BCUT2D eigenvalue weighted by Crippen LogP contribution is 2.38. The predicted molar refractivity (Wildman–Crippen MR) is 190 cm³/mol. The zero-order valence-electron chi connectivity index (χ0n) is 25.7. The van der Waals surface area contributed by atoms with Crippen molar-refractivity contribution in [1.82, 2.24) is 9.13 Å². The molecule has 45 heavy (non-hydrogen) atoms. The van der Waals surface area contributed by atoms with Crippen LogP contribution in [0.3, 0.4) is 0 Å². The molecule has 0 N–H and O–H groups in total. The number of hydrogen-bond acceptors (Lipinski definition) is 1. The SMILES string of the molecule is C=CC(=C)Oc1ccc2c(c1)c1ccccc1n2-c1ccc(-c2ccc(-n3c4c(c5ccccc53)CCC=C4)cc2C)c(C)c1. The molecule has 7 aromatic rings. The minimum Gasteiger partial charge on any atom is -0.458 e. The highest BCUT2D eigenvalue weighted by atomic mass is 16.5. The first-order valence-corrected chi connectivity index (χ1v) is 15.6. The average molecular weight is 583 g/mol. The molecule has 0 atom stereocenters. The fourth-order valence-electron chi connectivity index (χ4n) is 7.13. The van der Waals surface area contributed by atoms with E-state index in [0.717, 1.165) is 40.7 Å². The molecule has 1 aliphatic rings. The van der Waals surface area contributed by atoms with E-state index in [0.29, 0.717) is 5.76 Å². The van der Waals surface area contributed by atoms with Gasteiger partial charge in [-0.15, -0.1) is 0 Å². The summed E-state index contributed by atoms with van der Waals surface area (Å²) in [7, 11) is 0. The minimum absolute atomic E-state index is 0.533. The second-order valence-electron chi connectivity index (χ2n) is 12.0. The van der Waals surface area contributed by atoms with E-state index in [-0.39, 0.29) is 0 Å². The monoisotopic (exact) mass is 582 g/mol. The van der Waals surface area contributed by atoms with Gasteiger partial charge in [0.25, 0.3) is 0 Å². The third-order valence-electron chi connectivity index (χ3n) is 9.20. The molecular weight excluding hydrogens is 548 g/mol. The Morgan fingerprint density at radius 2 is 1.31 bits per heavy atom. The van der Waals surface area contributed by atoms with E-state index in [2.05, 4.69) is 145 Å². The van der Waals surface area contributed by atoms with Crippen molar-refractivity contribution >= 4 is 38.8 Å². The fourth-order valence-corrected chi connectivity index (χ4v) is 7.13. The molecule has 8 rings (SSSR count). The predicted octanol–water partition coefficient (Wildman–Crippen LogP) is 11.0. The summed E-state index contributed by atoms with van der Waals surface area (Å²) in [5, 5.41) is 3.69. The summed E-state index contributed by atoms with van der Waals surface area (Å²) < 4.78 is 10.7. The van der Waals surface area contributed by atoms with E-state index in [1.54, 1.807) is 6.08 Å². The quantitative estimate of drug-likeness (QED) is 0.141. The molecule has 0 fully saturated rings. The van der Waals surface area contributed by atoms with Gasteiger partial charge < -0.3 is 13.9 Å². The van der Waals surface area contributed by atoms with Gasteiger partial charge in [-0.2, -0.15) is 0 Å². The smallest absolute Gasteiger partial charge is 0.128 e. The standard InChI is InChI=1S/C42H34N2O/c1-5-29(4)45-32-20-23-42-38(26-32)37-14-8-11-17-41(37)44(42)31-19-22-34(28(3)25-31)33-21-18-30(24-27(33)2)43-39-15-9-6-12-35(39)36-13-7-10-16-40(36)43/h5-6,8-12,14-26H,1,4,7,13H2,2-3H3. The van der Waals surface area contributed by atoms with Gasteiger partial charge in [0.15, 0.2) is 0 Å². The number of fused-ring (bicyclic) bond motifs is 6. The van der Waals surface area contributed by atoms with Crippen LogP contribution in [0.4, 0.5) is 0 Å². The molecule has 0 unspecified atom stereocenters. The maximum Gasteiger partial charge on any atom is 0.128 e. The minimum atomic E-state index is 0.533. The molecule has 0 amide bonds. The molecule has 5 aromatic carbocycles. The third-order valence-corrected chi connectivity index (χ3v) is 9.20. The van der Waals surface area contributed by atoms with Gasteiger partial charge in [-0.3, -0.25) is 0 Å². The molecule has 1 aliphatic carbocycles. The van der Waals surface area contributed by atoms with E-state index in [9.17, 15) is 0 Å². The lowest BCUT2D eigenvalue weighted by molar-refractivity contribution is 0.448. The Labute approximate surface area is 263 Å². The van der Waals surface area contributed by atoms with Crippen molar-refractivity contribution in [3.05, 3.63) is 157 Å². The van der Waals surface area contributed by atoms with Crippen LogP contribution in [0.1, 0.15) is 28.8 Å². The van der Waals surface area contributed by atoms with E-state index >= 15 is 0 Å². The van der Waals surface area contributed by atoms with Crippen molar-refractivity contribution in [1.29, 1.82) is 0 Å². The Hall–Kier alpha value is -5.54. The number of benzene rings is 5. The largest absolute Gasteiger partial charge is 0.458 e. The highest BCUT2D eigenvalue weighted by Gasteiger charge is 2.19. The fraction of sp³-hybridized carbons (Fsp3) is 0.0952. The van der Waals surface area contributed by atoms with Gasteiger partial charge in [-0.1, -0.05) is 67.8 Å². The third kappa shape index (κ3) is 4.35. The molecule has 3 heteroatoms. The molecule has 3 nitrogen and oxygen atoms in total. The molecule has 0 saturated carbocycles. The first-order valence-electron chi connectivity index (χ1n) is 15.6. The second kappa shape index (κ2) is 10.6. The number of aryl methyl sites for hydroxylation is 3. The van der Waals surface area contributed by atoms with Gasteiger partial charge in [0.1, 0.15) is 11.5 Å². The molecule has 218 valence electrons. The van der Waals surface area contributed by atoms with Crippen molar-refractivity contribution < 1.29 is 4.74 Å². The molecule has 2 aromatic heterocycles. The van der Waals surface area contributed by atoms with E-state index in [1.165, 1.54) is 55.5 Å². The van der Waals surface area contributed by atoms with Crippen molar-refractivity contribution in [2.75, 3.05) is 0 Å². The molecule has 0 radical (unpaired) electrons. The van der Waals surface area contributed by atoms with Crippen LogP contribution in [0.15, 0.2) is 134 Å². The zero-order valence-corrected chi connectivity index (χ0v) is 25.7. The molecule has 0 spiro atoms. The van der Waals surface area contributed by atoms with Crippen LogP contribution in [-0.2, 0) is 6.42 Å². The van der Waals surface area contributed by atoms with Crippen molar-refractivity contribution in [2.24, 2.45) is 0 Å². The Balaban J connectivity index is 1.21. The van der Waals surface area contributed by atoms with Gasteiger partial charge in [-0.25, -0.2) is 0 Å².